The van der Waals surface area contributed by atoms with Crippen LogP contribution in [0.1, 0.15) is 29.4 Å². The van der Waals surface area contributed by atoms with E-state index >= 15 is 0 Å². The third kappa shape index (κ3) is 2.27. The fourth-order valence-electron chi connectivity index (χ4n) is 2.66. The Morgan fingerprint density at radius 2 is 2.06 bits per heavy atom. The first kappa shape index (κ1) is 13.1. The maximum absolute atomic E-state index is 12.4. The van der Waals surface area contributed by atoms with Gasteiger partial charge in [-0.2, -0.15) is 0 Å². The van der Waals surface area contributed by atoms with Crippen LogP contribution < -0.4 is 4.74 Å². The molecule has 18 heavy (non-hydrogen) atoms. The minimum atomic E-state index is -0.867. The van der Waals surface area contributed by atoms with Crippen LogP contribution in [0.4, 0.5) is 0 Å². The number of hydrogen-bond donors (Lipinski definition) is 1. The van der Waals surface area contributed by atoms with Crippen LogP contribution in [-0.2, 0) is 4.79 Å². The van der Waals surface area contributed by atoms with E-state index in [1.54, 1.807) is 11.4 Å². The molecule has 1 fully saturated rings. The number of ketones is 1. The Hall–Kier alpha value is -1.36. The number of Topliss-reactive ketones (excluding diaryl/α,β-unsaturated/α-hetero) is 1. The van der Waals surface area contributed by atoms with Gasteiger partial charge in [-0.05, 0) is 30.2 Å². The van der Waals surface area contributed by atoms with Crippen LogP contribution in [0.5, 0.6) is 5.75 Å². The summed E-state index contributed by atoms with van der Waals surface area (Å²) in [6.07, 6.45) is 1.23. The second-order valence-corrected chi connectivity index (χ2v) is 5.73. The van der Waals surface area contributed by atoms with Crippen LogP contribution in [-0.4, -0.2) is 24.0 Å². The van der Waals surface area contributed by atoms with Crippen LogP contribution in [0.15, 0.2) is 11.4 Å². The lowest BCUT2D eigenvalue weighted by Gasteiger charge is -2.14. The monoisotopic (exact) mass is 268 g/mol. The Balaban J connectivity index is 2.25. The molecular formula is C13H16O4S. The van der Waals surface area contributed by atoms with Gasteiger partial charge < -0.3 is 9.84 Å². The average Bonchev–Trinajstić information content (AvgIpc) is 2.93. The molecule has 1 aliphatic carbocycles. The van der Waals surface area contributed by atoms with E-state index in [9.17, 15) is 14.7 Å². The lowest BCUT2D eigenvalue weighted by molar-refractivity contribution is -0.142. The summed E-state index contributed by atoms with van der Waals surface area (Å²) in [5.41, 5.74) is 0. The predicted molar refractivity (Wildman–Crippen MR) is 68.2 cm³/mol. The van der Waals surface area contributed by atoms with Crippen LogP contribution in [0, 0.1) is 17.8 Å². The first-order chi connectivity index (χ1) is 8.54. The fourth-order valence-corrected chi connectivity index (χ4v) is 3.52. The minimum Gasteiger partial charge on any atom is -0.495 e. The summed E-state index contributed by atoms with van der Waals surface area (Å²) >= 11 is 1.32. The summed E-state index contributed by atoms with van der Waals surface area (Å²) < 4.78 is 5.13. The zero-order valence-corrected chi connectivity index (χ0v) is 11.2. The zero-order valence-electron chi connectivity index (χ0n) is 10.4. The molecule has 3 atom stereocenters. The predicted octanol–water partition coefficient (Wildman–Crippen LogP) is 2.69. The van der Waals surface area contributed by atoms with E-state index in [0.717, 1.165) is 0 Å². The molecule has 0 radical (unpaired) electrons. The molecule has 1 N–H and O–H groups in total. The molecule has 0 saturated heterocycles. The van der Waals surface area contributed by atoms with Gasteiger partial charge in [-0.25, -0.2) is 0 Å². The number of aliphatic carboxylic acids is 1. The summed E-state index contributed by atoms with van der Waals surface area (Å²) in [6, 6.07) is 1.74. The van der Waals surface area contributed by atoms with Crippen molar-refractivity contribution < 1.29 is 19.4 Å². The van der Waals surface area contributed by atoms with Crippen molar-refractivity contribution in [3.8, 4) is 5.75 Å². The second-order valence-electron chi connectivity index (χ2n) is 4.81. The molecular weight excluding hydrogens is 252 g/mol. The number of carboxylic acid groups (broad SMARTS) is 1. The summed E-state index contributed by atoms with van der Waals surface area (Å²) in [7, 11) is 1.52. The summed E-state index contributed by atoms with van der Waals surface area (Å²) in [4.78, 5) is 24.2. The molecule has 0 aromatic carbocycles. The molecule has 0 amide bonds. The normalized spacial score (nSPS) is 27.1. The molecule has 1 saturated carbocycles. The SMILES string of the molecule is COc1ccsc1C(=O)C1CC(C)CC1C(=O)O. The third-order valence-corrected chi connectivity index (χ3v) is 4.44. The van der Waals surface area contributed by atoms with E-state index in [0.29, 0.717) is 23.5 Å². The first-order valence-electron chi connectivity index (χ1n) is 5.93. The summed E-state index contributed by atoms with van der Waals surface area (Å²) in [5.74, 6) is -1.09. The summed E-state index contributed by atoms with van der Waals surface area (Å²) in [5, 5.41) is 11.0. The Labute approximate surface area is 110 Å². The molecule has 1 aromatic heterocycles. The maximum Gasteiger partial charge on any atom is 0.307 e. The van der Waals surface area contributed by atoms with Gasteiger partial charge in [0.15, 0.2) is 5.78 Å². The lowest BCUT2D eigenvalue weighted by Crippen LogP contribution is -2.25. The smallest absolute Gasteiger partial charge is 0.307 e. The quantitative estimate of drug-likeness (QED) is 0.853. The topological polar surface area (TPSA) is 63.6 Å². The molecule has 5 heteroatoms. The second kappa shape index (κ2) is 5.10. The highest BCUT2D eigenvalue weighted by Gasteiger charge is 2.42. The fraction of sp³-hybridized carbons (Fsp3) is 0.538. The van der Waals surface area contributed by atoms with Gasteiger partial charge in [0.2, 0.25) is 0 Å². The van der Waals surface area contributed by atoms with Crippen molar-refractivity contribution in [2.24, 2.45) is 17.8 Å². The van der Waals surface area contributed by atoms with Gasteiger partial charge >= 0.3 is 5.97 Å². The van der Waals surface area contributed by atoms with Crippen molar-refractivity contribution in [2.45, 2.75) is 19.8 Å². The van der Waals surface area contributed by atoms with E-state index in [1.807, 2.05) is 6.92 Å². The highest BCUT2D eigenvalue weighted by Crippen LogP contribution is 2.40. The Kier molecular flexibility index (Phi) is 3.71. The van der Waals surface area contributed by atoms with Gasteiger partial charge in [0.25, 0.3) is 0 Å². The molecule has 1 aliphatic rings. The minimum absolute atomic E-state index is 0.0846. The molecule has 3 unspecified atom stereocenters. The maximum atomic E-state index is 12.4. The molecule has 0 bridgehead atoms. The van der Waals surface area contributed by atoms with Gasteiger partial charge in [0.05, 0.1) is 13.0 Å². The molecule has 4 nitrogen and oxygen atoms in total. The molecule has 0 aliphatic heterocycles. The van der Waals surface area contributed by atoms with Crippen LogP contribution in [0.2, 0.25) is 0 Å². The van der Waals surface area contributed by atoms with Gasteiger partial charge in [-0.3, -0.25) is 9.59 Å². The van der Waals surface area contributed by atoms with Crippen molar-refractivity contribution in [2.75, 3.05) is 7.11 Å². The number of methoxy groups -OCH3 is 1. The number of thiophene rings is 1. The van der Waals surface area contributed by atoms with Crippen molar-refractivity contribution in [1.82, 2.24) is 0 Å². The van der Waals surface area contributed by atoms with Crippen molar-refractivity contribution in [3.05, 3.63) is 16.3 Å². The van der Waals surface area contributed by atoms with Crippen molar-refractivity contribution >= 4 is 23.1 Å². The Bertz CT molecular complexity index is 465. The van der Waals surface area contributed by atoms with Gasteiger partial charge in [-0.15, -0.1) is 11.3 Å². The van der Waals surface area contributed by atoms with Crippen LogP contribution >= 0.6 is 11.3 Å². The molecule has 2 rings (SSSR count). The number of carbonyl (C=O) groups is 2. The average molecular weight is 268 g/mol. The van der Waals surface area contributed by atoms with Gasteiger partial charge in [-0.1, -0.05) is 6.92 Å². The largest absolute Gasteiger partial charge is 0.495 e. The van der Waals surface area contributed by atoms with Crippen LogP contribution in [0.25, 0.3) is 0 Å². The van der Waals surface area contributed by atoms with Gasteiger partial charge in [0.1, 0.15) is 10.6 Å². The van der Waals surface area contributed by atoms with Crippen molar-refractivity contribution in [1.29, 1.82) is 0 Å². The summed E-state index contributed by atoms with van der Waals surface area (Å²) in [6.45, 7) is 1.99. The number of rotatable bonds is 4. The Morgan fingerprint density at radius 1 is 1.39 bits per heavy atom. The Morgan fingerprint density at radius 3 is 2.67 bits per heavy atom. The van der Waals surface area contributed by atoms with E-state index in [-0.39, 0.29) is 11.7 Å². The molecule has 1 heterocycles. The number of hydrogen-bond acceptors (Lipinski definition) is 4. The standard InChI is InChI=1S/C13H16O4S/c1-7-5-8(9(6-7)13(15)16)11(14)12-10(17-2)3-4-18-12/h3-4,7-9H,5-6H2,1-2H3,(H,15,16). The van der Waals surface area contributed by atoms with Crippen molar-refractivity contribution in [3.63, 3.8) is 0 Å². The van der Waals surface area contributed by atoms with E-state index in [2.05, 4.69) is 0 Å². The zero-order chi connectivity index (χ0) is 13.3. The number of carbonyl (C=O) groups excluding carboxylic acids is 1. The third-order valence-electron chi connectivity index (χ3n) is 3.53. The van der Waals surface area contributed by atoms with E-state index in [1.165, 1.54) is 18.4 Å². The van der Waals surface area contributed by atoms with E-state index in [4.69, 9.17) is 4.74 Å². The van der Waals surface area contributed by atoms with Crippen LogP contribution in [0.3, 0.4) is 0 Å². The highest BCUT2D eigenvalue weighted by molar-refractivity contribution is 7.12. The molecule has 1 aromatic rings. The number of ether oxygens (including phenoxy) is 1. The number of carboxylic acids is 1. The molecule has 98 valence electrons. The first-order valence-corrected chi connectivity index (χ1v) is 6.81. The van der Waals surface area contributed by atoms with E-state index < -0.39 is 17.8 Å². The van der Waals surface area contributed by atoms with Gasteiger partial charge in [0, 0.05) is 5.92 Å². The highest BCUT2D eigenvalue weighted by atomic mass is 32.1. The lowest BCUT2D eigenvalue weighted by atomic mass is 9.91. The molecule has 0 spiro atoms.